The summed E-state index contributed by atoms with van der Waals surface area (Å²) in [5.41, 5.74) is 7.20. The summed E-state index contributed by atoms with van der Waals surface area (Å²) in [5, 5.41) is 33.3. The van der Waals surface area contributed by atoms with Gasteiger partial charge in [0.2, 0.25) is 5.96 Å². The second-order valence-corrected chi connectivity index (χ2v) is 2.59. The van der Waals surface area contributed by atoms with Crippen LogP contribution in [0.2, 0.25) is 0 Å². The van der Waals surface area contributed by atoms with Gasteiger partial charge < -0.3 is 15.9 Å². The van der Waals surface area contributed by atoms with E-state index in [-0.39, 0.29) is 17.5 Å². The number of nitrogens with one attached hydrogen (secondary N) is 1. The maximum atomic E-state index is 9.13. The van der Waals surface area contributed by atoms with Gasteiger partial charge in [-0.05, 0) is 23.8 Å². The van der Waals surface area contributed by atoms with E-state index in [1.807, 2.05) is 0 Å². The molecule has 7 nitrogen and oxygen atoms in total. The number of nitrogens with two attached hydrogens (primary N) is 1. The number of nitrogens with zero attached hydrogens (tertiary/aromatic N) is 2. The molecule has 0 atom stereocenters. The van der Waals surface area contributed by atoms with Crippen molar-refractivity contribution in [2.45, 2.75) is 0 Å². The maximum Gasteiger partial charge on any atom is 0.237 e. The first-order valence-corrected chi connectivity index (χ1v) is 3.92. The molecular weight excluding hydrogens is 200 g/mol. The molecular formula is C8H10N4O3. The number of hydrogen-bond acceptors (Lipinski definition) is 5. The predicted octanol–water partition coefficient (Wildman–Crippen LogP) is -0.275. The molecule has 80 valence electrons. The average Bonchev–Trinajstić information content (AvgIpc) is 2.23. The molecule has 15 heavy (non-hydrogen) atoms. The van der Waals surface area contributed by atoms with Crippen molar-refractivity contribution in [1.82, 2.24) is 5.48 Å². The molecule has 0 radical (unpaired) electrons. The van der Waals surface area contributed by atoms with Crippen molar-refractivity contribution < 1.29 is 15.4 Å². The van der Waals surface area contributed by atoms with E-state index in [9.17, 15) is 0 Å². The Bertz CT molecular complexity index is 403. The number of hydrogen-bond donors (Lipinski definition) is 5. The van der Waals surface area contributed by atoms with E-state index in [0.717, 1.165) is 0 Å². The molecule has 0 aliphatic carbocycles. The lowest BCUT2D eigenvalue weighted by atomic mass is 10.2. The summed E-state index contributed by atoms with van der Waals surface area (Å²) in [4.78, 5) is 0. The molecule has 0 amide bonds. The zero-order valence-electron chi connectivity index (χ0n) is 7.62. The number of guanidine groups is 1. The van der Waals surface area contributed by atoms with Gasteiger partial charge >= 0.3 is 0 Å². The van der Waals surface area contributed by atoms with Gasteiger partial charge in [-0.25, -0.2) is 5.48 Å². The van der Waals surface area contributed by atoms with Crippen LogP contribution in [0.25, 0.3) is 0 Å². The first-order valence-electron chi connectivity index (χ1n) is 3.92. The summed E-state index contributed by atoms with van der Waals surface area (Å²) in [6.07, 6.45) is 1.30. The monoisotopic (exact) mass is 210 g/mol. The van der Waals surface area contributed by atoms with Gasteiger partial charge in [-0.15, -0.1) is 5.10 Å². The highest BCUT2D eigenvalue weighted by Gasteiger charge is 1.97. The quantitative estimate of drug-likeness (QED) is 0.199. The summed E-state index contributed by atoms with van der Waals surface area (Å²) >= 11 is 0. The maximum absolute atomic E-state index is 9.13. The lowest BCUT2D eigenvalue weighted by Gasteiger charge is -1.97. The van der Waals surface area contributed by atoms with E-state index < -0.39 is 0 Å². The predicted molar refractivity (Wildman–Crippen MR) is 53.9 cm³/mol. The molecule has 0 bridgehead atoms. The van der Waals surface area contributed by atoms with E-state index in [2.05, 4.69) is 10.2 Å². The normalized spacial score (nSPS) is 11.9. The zero-order valence-corrected chi connectivity index (χ0v) is 7.62. The van der Waals surface area contributed by atoms with Gasteiger partial charge in [-0.2, -0.15) is 5.10 Å². The second kappa shape index (κ2) is 4.82. The van der Waals surface area contributed by atoms with Gasteiger partial charge in [-0.3, -0.25) is 5.21 Å². The van der Waals surface area contributed by atoms with Crippen molar-refractivity contribution in [3.05, 3.63) is 23.8 Å². The number of benzene rings is 1. The minimum absolute atomic E-state index is 0.216. The molecule has 7 heteroatoms. The molecule has 0 aliphatic rings. The molecule has 0 unspecified atom stereocenters. The molecule has 1 rings (SSSR count). The number of phenolic OH excluding ortho intramolecular Hbond substituents is 2. The molecule has 0 saturated carbocycles. The van der Waals surface area contributed by atoms with Crippen LogP contribution in [0.5, 0.6) is 11.5 Å². The van der Waals surface area contributed by atoms with Crippen LogP contribution in [-0.2, 0) is 0 Å². The lowest BCUT2D eigenvalue weighted by molar-refractivity contribution is 0.232. The minimum Gasteiger partial charge on any atom is -0.504 e. The Hall–Kier alpha value is -2.28. The fraction of sp³-hybridized carbons (Fsp3) is 0. The Balaban J connectivity index is 2.77. The number of rotatable bonds is 2. The van der Waals surface area contributed by atoms with E-state index in [1.165, 1.54) is 24.4 Å². The standard InChI is InChI=1S/C8H10N4O3/c9-8(12-15)11-10-4-5-1-2-6(13)7(14)3-5/h1-4,13-15H,(H3,9,11,12). The van der Waals surface area contributed by atoms with Crippen LogP contribution in [0.1, 0.15) is 5.56 Å². The van der Waals surface area contributed by atoms with E-state index in [1.54, 1.807) is 5.48 Å². The average molecular weight is 210 g/mol. The third-order valence-corrected chi connectivity index (χ3v) is 1.49. The lowest BCUT2D eigenvalue weighted by Crippen LogP contribution is -2.27. The Morgan fingerprint density at radius 1 is 1.33 bits per heavy atom. The highest BCUT2D eigenvalue weighted by molar-refractivity contribution is 5.82. The van der Waals surface area contributed by atoms with Crippen molar-refractivity contribution in [2.75, 3.05) is 0 Å². The molecule has 0 spiro atoms. The largest absolute Gasteiger partial charge is 0.504 e. The van der Waals surface area contributed by atoms with Gasteiger partial charge in [0.25, 0.3) is 0 Å². The van der Waals surface area contributed by atoms with Crippen LogP contribution in [0, 0.1) is 0 Å². The Morgan fingerprint density at radius 2 is 2.07 bits per heavy atom. The molecule has 0 fully saturated rings. The fourth-order valence-electron chi connectivity index (χ4n) is 0.801. The van der Waals surface area contributed by atoms with Crippen LogP contribution in [0.3, 0.4) is 0 Å². The molecule has 0 saturated heterocycles. The summed E-state index contributed by atoms with van der Waals surface area (Å²) < 4.78 is 0. The highest BCUT2D eigenvalue weighted by atomic mass is 16.5. The number of phenols is 2. The molecule has 1 aromatic carbocycles. The summed E-state index contributed by atoms with van der Waals surface area (Å²) in [6, 6.07) is 4.14. The van der Waals surface area contributed by atoms with Gasteiger partial charge in [0.1, 0.15) is 0 Å². The van der Waals surface area contributed by atoms with E-state index >= 15 is 0 Å². The van der Waals surface area contributed by atoms with Crippen LogP contribution < -0.4 is 11.2 Å². The smallest absolute Gasteiger partial charge is 0.237 e. The van der Waals surface area contributed by atoms with Gasteiger partial charge in [0.15, 0.2) is 11.5 Å². The second-order valence-electron chi connectivity index (χ2n) is 2.59. The summed E-state index contributed by atoms with van der Waals surface area (Å²) in [5.74, 6) is -0.724. The summed E-state index contributed by atoms with van der Waals surface area (Å²) in [6.45, 7) is 0. The van der Waals surface area contributed by atoms with Crippen molar-refractivity contribution in [2.24, 2.45) is 15.9 Å². The first-order chi connectivity index (χ1) is 7.13. The van der Waals surface area contributed by atoms with Crippen molar-refractivity contribution >= 4 is 12.2 Å². The number of hydroxylamine groups is 1. The molecule has 0 aliphatic heterocycles. The van der Waals surface area contributed by atoms with Crippen molar-refractivity contribution in [1.29, 1.82) is 0 Å². The van der Waals surface area contributed by atoms with E-state index in [4.69, 9.17) is 21.2 Å². The van der Waals surface area contributed by atoms with Gasteiger partial charge in [0.05, 0.1) is 6.21 Å². The van der Waals surface area contributed by atoms with Crippen LogP contribution in [-0.4, -0.2) is 27.6 Å². The fourth-order valence-corrected chi connectivity index (χ4v) is 0.801. The molecule has 6 N–H and O–H groups in total. The van der Waals surface area contributed by atoms with Crippen LogP contribution >= 0.6 is 0 Å². The topological polar surface area (TPSA) is 123 Å². The van der Waals surface area contributed by atoms with Crippen molar-refractivity contribution in [3.63, 3.8) is 0 Å². The first kappa shape index (κ1) is 10.8. The Labute approximate surface area is 85.1 Å². The summed E-state index contributed by atoms with van der Waals surface area (Å²) in [7, 11) is 0. The third kappa shape index (κ3) is 3.16. The zero-order chi connectivity index (χ0) is 11.3. The highest BCUT2D eigenvalue weighted by Crippen LogP contribution is 2.23. The van der Waals surface area contributed by atoms with Gasteiger partial charge in [0, 0.05) is 0 Å². The van der Waals surface area contributed by atoms with Crippen LogP contribution in [0.4, 0.5) is 0 Å². The molecule has 1 aromatic rings. The minimum atomic E-state index is -0.255. The van der Waals surface area contributed by atoms with Gasteiger partial charge in [-0.1, -0.05) is 0 Å². The van der Waals surface area contributed by atoms with Crippen LogP contribution in [0.15, 0.2) is 28.4 Å². The number of aromatic hydroxyl groups is 2. The van der Waals surface area contributed by atoms with Crippen molar-refractivity contribution in [3.8, 4) is 11.5 Å². The molecule has 0 aromatic heterocycles. The Kier molecular flexibility index (Phi) is 3.47. The van der Waals surface area contributed by atoms with E-state index in [0.29, 0.717) is 5.56 Å². The SMILES string of the molecule is N/C(=N\N=Cc1ccc(O)c(O)c1)NO. The molecule has 0 heterocycles. The third-order valence-electron chi connectivity index (χ3n) is 1.49. The Morgan fingerprint density at radius 3 is 2.67 bits per heavy atom.